The van der Waals surface area contributed by atoms with Crippen molar-refractivity contribution in [3.8, 4) is 38.7 Å². The predicted molar refractivity (Wildman–Crippen MR) is 177 cm³/mol. The number of hydrogen-bond acceptors (Lipinski definition) is 11. The average molecular weight is 713 g/mol. The standard InChI is InChI=1S/C31H39ClFN4O8PS/c1-17(2)42-25-11-10-19(12-20(25)15-34)27-36-37-28(47-27)21-13-23(33)26(14-22(21)32)41-16-24(35-29(38)39)18(3)43-46(40,44-30(4,5)6)45-31(7,8)9/h10-14,17-18,24,35H,16H2,1-9H3,(H,38,39)/t18-,24-/m0/s1. The molecule has 1 aromatic heterocycles. The fourth-order valence-corrected chi connectivity index (χ4v) is 7.19. The van der Waals surface area contributed by atoms with E-state index in [0.717, 1.165) is 17.4 Å². The van der Waals surface area contributed by atoms with E-state index < -0.39 is 49.7 Å². The van der Waals surface area contributed by atoms with Gasteiger partial charge in [0.25, 0.3) is 0 Å². The number of carbonyl (C=O) groups is 1. The molecule has 0 aliphatic rings. The quantitative estimate of drug-likeness (QED) is 0.163. The van der Waals surface area contributed by atoms with E-state index in [0.29, 0.717) is 26.9 Å². The Balaban J connectivity index is 1.81. The summed E-state index contributed by atoms with van der Waals surface area (Å²) < 4.78 is 57.2. The highest BCUT2D eigenvalue weighted by Gasteiger charge is 2.40. The third-order valence-corrected chi connectivity index (χ3v) is 9.20. The number of amides is 1. The van der Waals surface area contributed by atoms with Gasteiger partial charge in [-0.25, -0.2) is 13.8 Å². The van der Waals surface area contributed by atoms with Gasteiger partial charge in [-0.05, 0) is 86.6 Å². The van der Waals surface area contributed by atoms with E-state index in [4.69, 9.17) is 34.6 Å². The largest absolute Gasteiger partial charge is 0.490 e. The fraction of sp³-hybridized carbons (Fsp3) is 0.484. The molecule has 47 heavy (non-hydrogen) atoms. The van der Waals surface area contributed by atoms with Gasteiger partial charge in [-0.1, -0.05) is 22.9 Å². The molecule has 0 unspecified atom stereocenters. The third-order valence-electron chi connectivity index (χ3n) is 5.75. The van der Waals surface area contributed by atoms with Crippen LogP contribution in [0.5, 0.6) is 11.5 Å². The van der Waals surface area contributed by atoms with Crippen molar-refractivity contribution in [2.24, 2.45) is 0 Å². The molecule has 3 aromatic rings. The number of nitriles is 1. The predicted octanol–water partition coefficient (Wildman–Crippen LogP) is 8.48. The molecule has 2 N–H and O–H groups in total. The summed E-state index contributed by atoms with van der Waals surface area (Å²) in [6.07, 6.45) is -2.63. The van der Waals surface area contributed by atoms with Crippen LogP contribution in [-0.4, -0.2) is 57.5 Å². The highest BCUT2D eigenvalue weighted by Crippen LogP contribution is 2.56. The third kappa shape index (κ3) is 11.4. The van der Waals surface area contributed by atoms with Gasteiger partial charge in [0.05, 0.1) is 40.0 Å². The van der Waals surface area contributed by atoms with Crippen molar-refractivity contribution < 1.29 is 41.9 Å². The van der Waals surface area contributed by atoms with Gasteiger partial charge in [0.2, 0.25) is 0 Å². The summed E-state index contributed by atoms with van der Waals surface area (Å²) >= 11 is 7.65. The lowest BCUT2D eigenvalue weighted by molar-refractivity contribution is -0.0162. The number of ether oxygens (including phenoxy) is 2. The number of carboxylic acid groups (broad SMARTS) is 1. The van der Waals surface area contributed by atoms with Crippen LogP contribution in [-0.2, 0) is 18.1 Å². The number of rotatable bonds is 13. The Morgan fingerprint density at radius 3 is 2.23 bits per heavy atom. The maximum atomic E-state index is 15.3. The average Bonchev–Trinajstić information content (AvgIpc) is 3.39. The van der Waals surface area contributed by atoms with E-state index in [-0.39, 0.29) is 22.4 Å². The number of hydrogen-bond donors (Lipinski definition) is 2. The topological polar surface area (TPSA) is 162 Å². The van der Waals surface area contributed by atoms with Gasteiger partial charge >= 0.3 is 13.9 Å². The molecule has 1 heterocycles. The van der Waals surface area contributed by atoms with Crippen LogP contribution in [0, 0.1) is 17.1 Å². The number of benzene rings is 2. The minimum Gasteiger partial charge on any atom is -0.490 e. The van der Waals surface area contributed by atoms with Crippen molar-refractivity contribution in [3.05, 3.63) is 46.7 Å². The number of nitrogens with one attached hydrogen (secondary N) is 1. The first-order chi connectivity index (χ1) is 21.7. The summed E-state index contributed by atoms with van der Waals surface area (Å²) in [6.45, 7) is 14.7. The number of aromatic nitrogens is 2. The van der Waals surface area contributed by atoms with Crippen molar-refractivity contribution >= 4 is 36.9 Å². The second-order valence-electron chi connectivity index (χ2n) is 12.7. The van der Waals surface area contributed by atoms with Crippen LogP contribution < -0.4 is 14.8 Å². The van der Waals surface area contributed by atoms with Crippen LogP contribution in [0.25, 0.3) is 21.1 Å². The van der Waals surface area contributed by atoms with Crippen LogP contribution in [0.3, 0.4) is 0 Å². The summed E-state index contributed by atoms with van der Waals surface area (Å²) in [6, 6.07) is 8.41. The Bertz CT molecular complexity index is 1650. The van der Waals surface area contributed by atoms with Crippen LogP contribution in [0.1, 0.15) is 67.9 Å². The first-order valence-corrected chi connectivity index (χ1v) is 17.2. The molecule has 0 aliphatic heterocycles. The van der Waals surface area contributed by atoms with Crippen molar-refractivity contribution in [1.29, 1.82) is 5.26 Å². The molecule has 0 fully saturated rings. The lowest BCUT2D eigenvalue weighted by atomic mass is 10.1. The lowest BCUT2D eigenvalue weighted by Crippen LogP contribution is -2.46. The molecule has 0 radical (unpaired) electrons. The zero-order valence-corrected chi connectivity index (χ0v) is 30.1. The van der Waals surface area contributed by atoms with Crippen molar-refractivity contribution in [3.63, 3.8) is 0 Å². The summed E-state index contributed by atoms with van der Waals surface area (Å²) in [5, 5.41) is 30.5. The molecule has 0 aliphatic carbocycles. The molecule has 2 atom stereocenters. The molecule has 0 saturated carbocycles. The first kappa shape index (κ1) is 38.1. The second-order valence-corrected chi connectivity index (χ2v) is 15.6. The Kier molecular flexibility index (Phi) is 12.4. The van der Waals surface area contributed by atoms with Crippen molar-refractivity contribution in [2.75, 3.05) is 6.61 Å². The van der Waals surface area contributed by atoms with Crippen LogP contribution in [0.15, 0.2) is 30.3 Å². The summed E-state index contributed by atoms with van der Waals surface area (Å²) in [7, 11) is -4.22. The van der Waals surface area contributed by atoms with Gasteiger partial charge in [0, 0.05) is 17.2 Å². The summed E-state index contributed by atoms with van der Waals surface area (Å²) in [4.78, 5) is 11.6. The normalized spacial score (nSPS) is 13.6. The van der Waals surface area contributed by atoms with Crippen LogP contribution in [0.2, 0.25) is 5.02 Å². The second kappa shape index (κ2) is 15.3. The van der Waals surface area contributed by atoms with E-state index in [1.54, 1.807) is 59.7 Å². The van der Waals surface area contributed by atoms with Crippen LogP contribution >= 0.6 is 30.8 Å². The minimum atomic E-state index is -4.22. The summed E-state index contributed by atoms with van der Waals surface area (Å²) in [5.74, 6) is -0.625. The monoisotopic (exact) mass is 712 g/mol. The molecule has 16 heteroatoms. The van der Waals surface area contributed by atoms with Crippen molar-refractivity contribution in [1.82, 2.24) is 15.5 Å². The molecular weight excluding hydrogens is 674 g/mol. The maximum Gasteiger partial charge on any atom is 0.476 e. The van der Waals surface area contributed by atoms with Gasteiger partial charge < -0.3 is 19.9 Å². The van der Waals surface area contributed by atoms with Crippen molar-refractivity contribution in [2.45, 2.75) is 91.8 Å². The van der Waals surface area contributed by atoms with Gasteiger partial charge in [0.15, 0.2) is 11.6 Å². The van der Waals surface area contributed by atoms with Gasteiger partial charge in [-0.2, -0.15) is 5.26 Å². The lowest BCUT2D eigenvalue weighted by Gasteiger charge is -2.34. The zero-order valence-electron chi connectivity index (χ0n) is 27.6. The molecule has 1 amide bonds. The molecule has 0 spiro atoms. The molecular formula is C31H39ClFN4O8PS. The minimum absolute atomic E-state index is 0.0937. The highest BCUT2D eigenvalue weighted by molar-refractivity contribution is 7.48. The summed E-state index contributed by atoms with van der Waals surface area (Å²) in [5.41, 5.74) is -0.641. The van der Waals surface area contributed by atoms with Crippen LogP contribution in [0.4, 0.5) is 9.18 Å². The highest BCUT2D eigenvalue weighted by atomic mass is 35.5. The Labute approximate surface area is 282 Å². The van der Waals surface area contributed by atoms with E-state index in [1.165, 1.54) is 13.0 Å². The molecule has 12 nitrogen and oxygen atoms in total. The molecule has 2 aromatic carbocycles. The number of phosphoric acid groups is 1. The number of phosphoric ester groups is 1. The molecule has 0 saturated heterocycles. The van der Waals surface area contributed by atoms with E-state index >= 15 is 4.39 Å². The first-order valence-electron chi connectivity index (χ1n) is 14.5. The number of nitrogens with zero attached hydrogens (tertiary/aromatic N) is 3. The van der Waals surface area contributed by atoms with Gasteiger partial charge in [0.1, 0.15) is 28.4 Å². The van der Waals surface area contributed by atoms with E-state index in [9.17, 15) is 19.7 Å². The fourth-order valence-electron chi connectivity index (χ4n) is 4.00. The molecule has 3 rings (SSSR count). The Hall–Kier alpha value is -3.31. The SMILES string of the molecule is CC(C)Oc1ccc(-c2nnc(-c3cc(F)c(OC[C@H](NC(=O)O)[C@H](C)OP(=O)(OC(C)(C)C)OC(C)(C)C)cc3Cl)s2)cc1C#N. The maximum absolute atomic E-state index is 15.3. The van der Waals surface area contributed by atoms with Gasteiger partial charge in [-0.15, -0.1) is 10.2 Å². The van der Waals surface area contributed by atoms with Gasteiger partial charge in [-0.3, -0.25) is 13.6 Å². The smallest absolute Gasteiger partial charge is 0.476 e. The molecule has 0 bridgehead atoms. The Morgan fingerprint density at radius 2 is 1.68 bits per heavy atom. The van der Waals surface area contributed by atoms with E-state index in [2.05, 4.69) is 21.6 Å². The Morgan fingerprint density at radius 1 is 1.06 bits per heavy atom. The molecule has 256 valence electrons. The van der Waals surface area contributed by atoms with E-state index in [1.807, 2.05) is 13.8 Å². The zero-order chi connectivity index (χ0) is 35.3. The number of halogens is 2.